The van der Waals surface area contributed by atoms with Gasteiger partial charge in [-0.15, -0.1) is 0 Å². The molecule has 0 bridgehead atoms. The lowest BCUT2D eigenvalue weighted by molar-refractivity contribution is -0.138. The van der Waals surface area contributed by atoms with Gasteiger partial charge in [0.2, 0.25) is 17.6 Å². The number of nitrogen functional groups attached to an aromatic ring is 1. The summed E-state index contributed by atoms with van der Waals surface area (Å²) in [7, 11) is 0. The maximum Gasteiger partial charge on any atom is 0.416 e. The van der Waals surface area contributed by atoms with Gasteiger partial charge in [0.15, 0.2) is 11.6 Å². The Morgan fingerprint density at radius 1 is 0.833 bits per heavy atom. The third-order valence-electron chi connectivity index (χ3n) is 7.00. The lowest BCUT2D eigenvalue weighted by Gasteiger charge is -2.28. The van der Waals surface area contributed by atoms with Gasteiger partial charge in [-0.1, -0.05) is 31.2 Å². The fourth-order valence-electron chi connectivity index (χ4n) is 4.67. The number of alkyl halides is 6. The molecule has 0 amide bonds. The number of imidazole rings is 1. The van der Waals surface area contributed by atoms with Gasteiger partial charge in [0.25, 0.3) is 0 Å². The normalized spacial score (nSPS) is 16.1. The van der Waals surface area contributed by atoms with Crippen LogP contribution in [0, 0.1) is 5.82 Å². The number of para-hydroxylation sites is 2. The predicted molar refractivity (Wildman–Crippen MR) is 166 cm³/mol. The predicted octanol–water partition coefficient (Wildman–Crippen LogP) is 6.11. The van der Waals surface area contributed by atoms with Crippen LogP contribution < -0.4 is 27.8 Å². The van der Waals surface area contributed by atoms with Gasteiger partial charge in [0.05, 0.1) is 22.2 Å². The van der Waals surface area contributed by atoms with Crippen molar-refractivity contribution in [1.82, 2.24) is 24.8 Å². The molecular weight excluding hydrogens is 645 g/mol. The van der Waals surface area contributed by atoms with Crippen LogP contribution >= 0.6 is 0 Å². The second-order valence-electron chi connectivity index (χ2n) is 10.3. The Kier molecular flexibility index (Phi) is 8.99. The summed E-state index contributed by atoms with van der Waals surface area (Å²) in [5.41, 5.74) is 17.7. The smallest absolute Gasteiger partial charge is 0.384 e. The maximum atomic E-state index is 14.9. The number of anilines is 3. The number of amidine groups is 1. The average molecular weight is 673 g/mol. The van der Waals surface area contributed by atoms with Gasteiger partial charge in [-0.3, -0.25) is 10.3 Å². The number of nitrogens with zero attached hydrogens (tertiary/aromatic N) is 5. The summed E-state index contributed by atoms with van der Waals surface area (Å²) in [4.78, 5) is 16.6. The molecule has 3 aromatic carbocycles. The van der Waals surface area contributed by atoms with Crippen molar-refractivity contribution in [3.05, 3.63) is 113 Å². The molecule has 5 aromatic rings. The standard InChI is InChI=1S/C20H16F4N6.C11H11F3N4/c1-2-15-27-13-5-3-4-6-14(13)30(15)18-16(21)17(25)28-19(29-18)26-12-9-7-11(8-10-12)20(22,23)24;12-10(13,14)7-1-3-8(4-2-7)11(16)17-6-5-9(15)18-11/h3-10H,2H2,1H3,(H3,25,26,28,29);1-6,17H,16H2,(H2,15,18). The number of nitrogens with one attached hydrogen (secondary N) is 2. The molecule has 1 atom stereocenters. The van der Waals surface area contributed by atoms with Crippen LogP contribution in [0.1, 0.15) is 29.4 Å². The van der Waals surface area contributed by atoms with Crippen molar-refractivity contribution in [2.45, 2.75) is 31.5 Å². The van der Waals surface area contributed by atoms with Crippen LogP contribution in [0.5, 0.6) is 0 Å². The Labute approximate surface area is 268 Å². The number of hydrogen-bond acceptors (Lipinski definition) is 9. The molecule has 250 valence electrons. The van der Waals surface area contributed by atoms with Crippen molar-refractivity contribution >= 4 is 34.3 Å². The monoisotopic (exact) mass is 672 g/mol. The zero-order chi connectivity index (χ0) is 34.9. The minimum Gasteiger partial charge on any atom is -0.384 e. The van der Waals surface area contributed by atoms with Crippen LogP contribution in [-0.4, -0.2) is 25.4 Å². The molecule has 1 aliphatic heterocycles. The van der Waals surface area contributed by atoms with E-state index in [1.165, 1.54) is 36.5 Å². The van der Waals surface area contributed by atoms with Gasteiger partial charge in [-0.05, 0) is 54.6 Å². The largest absolute Gasteiger partial charge is 0.416 e. The lowest BCUT2D eigenvalue weighted by atomic mass is 10.1. The molecule has 0 aliphatic carbocycles. The average Bonchev–Trinajstić information content (AvgIpc) is 3.41. The van der Waals surface area contributed by atoms with Crippen molar-refractivity contribution < 1.29 is 30.7 Å². The number of halogens is 7. The van der Waals surface area contributed by atoms with E-state index in [4.69, 9.17) is 17.2 Å². The zero-order valence-electron chi connectivity index (χ0n) is 24.9. The molecule has 3 heterocycles. The van der Waals surface area contributed by atoms with E-state index in [0.717, 1.165) is 24.3 Å². The van der Waals surface area contributed by atoms with Crippen molar-refractivity contribution in [2.75, 3.05) is 11.1 Å². The molecular formula is C31H27F7N10. The zero-order valence-corrected chi connectivity index (χ0v) is 24.9. The molecule has 1 aliphatic rings. The molecule has 0 saturated heterocycles. The Morgan fingerprint density at radius 2 is 1.44 bits per heavy atom. The van der Waals surface area contributed by atoms with E-state index in [9.17, 15) is 30.7 Å². The first-order valence-corrected chi connectivity index (χ1v) is 14.1. The van der Waals surface area contributed by atoms with Gasteiger partial charge in [0, 0.05) is 23.9 Å². The summed E-state index contributed by atoms with van der Waals surface area (Å²) in [5.74, 6) is -1.90. The third-order valence-corrected chi connectivity index (χ3v) is 7.00. The van der Waals surface area contributed by atoms with Crippen molar-refractivity contribution in [2.24, 2.45) is 16.5 Å². The van der Waals surface area contributed by atoms with Gasteiger partial charge < -0.3 is 22.1 Å². The molecule has 8 N–H and O–H groups in total. The Hall–Kier alpha value is -5.71. The number of nitrogens with two attached hydrogens (primary N) is 3. The third kappa shape index (κ3) is 7.15. The van der Waals surface area contributed by atoms with E-state index in [0.29, 0.717) is 34.5 Å². The maximum absolute atomic E-state index is 14.9. The van der Waals surface area contributed by atoms with Crippen molar-refractivity contribution in [3.8, 4) is 5.82 Å². The first-order valence-electron chi connectivity index (χ1n) is 14.1. The van der Waals surface area contributed by atoms with Crippen LogP contribution in [-0.2, 0) is 24.6 Å². The first kappa shape index (κ1) is 33.6. The summed E-state index contributed by atoms with van der Waals surface area (Å²) in [6, 6.07) is 16.0. The van der Waals surface area contributed by atoms with Crippen LogP contribution in [0.25, 0.3) is 16.9 Å². The summed E-state index contributed by atoms with van der Waals surface area (Å²) in [6.45, 7) is 1.88. The summed E-state index contributed by atoms with van der Waals surface area (Å²) in [6.07, 6.45) is -5.29. The van der Waals surface area contributed by atoms with Gasteiger partial charge in [-0.2, -0.15) is 40.7 Å². The number of aromatic nitrogens is 4. The molecule has 10 nitrogen and oxygen atoms in total. The molecule has 2 aromatic heterocycles. The SMILES string of the molecule is CCc1nc2ccccc2n1-c1nc(Nc2ccc(C(F)(F)F)cc2)nc(N)c1F.NC1=NC(N)(c2ccc(C(F)(F)F)cc2)NC=C1. The number of benzene rings is 3. The van der Waals surface area contributed by atoms with Gasteiger partial charge >= 0.3 is 12.4 Å². The second-order valence-corrected chi connectivity index (χ2v) is 10.3. The molecule has 48 heavy (non-hydrogen) atoms. The summed E-state index contributed by atoms with van der Waals surface area (Å²) in [5, 5.41) is 5.52. The van der Waals surface area contributed by atoms with Crippen LogP contribution in [0.3, 0.4) is 0 Å². The number of fused-ring (bicyclic) bond motifs is 1. The Morgan fingerprint density at radius 3 is 2.02 bits per heavy atom. The lowest BCUT2D eigenvalue weighted by Crippen LogP contribution is -2.49. The number of rotatable bonds is 5. The Balaban J connectivity index is 0.000000214. The molecule has 17 heteroatoms. The molecule has 0 saturated carbocycles. The molecule has 0 radical (unpaired) electrons. The molecule has 1 unspecified atom stereocenters. The van der Waals surface area contributed by atoms with E-state index in [1.807, 2.05) is 13.0 Å². The van der Waals surface area contributed by atoms with Crippen molar-refractivity contribution in [3.63, 3.8) is 0 Å². The second kappa shape index (κ2) is 12.8. The Bertz CT molecular complexity index is 1980. The highest BCUT2D eigenvalue weighted by atomic mass is 19.4. The highest BCUT2D eigenvalue weighted by Gasteiger charge is 2.33. The highest BCUT2D eigenvalue weighted by molar-refractivity contribution is 5.92. The minimum absolute atomic E-state index is 0.0523. The van der Waals surface area contributed by atoms with Crippen LogP contribution in [0.2, 0.25) is 0 Å². The first-order chi connectivity index (χ1) is 22.6. The molecule has 0 spiro atoms. The van der Waals surface area contributed by atoms with Crippen LogP contribution in [0.4, 0.5) is 48.2 Å². The molecule has 0 fully saturated rings. The summed E-state index contributed by atoms with van der Waals surface area (Å²) >= 11 is 0. The van der Waals surface area contributed by atoms with Crippen LogP contribution in [0.15, 0.2) is 90.1 Å². The van der Waals surface area contributed by atoms with E-state index < -0.39 is 40.9 Å². The molecule has 6 rings (SSSR count). The van der Waals surface area contributed by atoms with E-state index in [-0.39, 0.29) is 17.6 Å². The number of aryl methyl sites for hydroxylation is 1. The van der Waals surface area contributed by atoms with Crippen molar-refractivity contribution in [1.29, 1.82) is 0 Å². The number of aliphatic imine (C=N–C) groups is 1. The topological polar surface area (TPSA) is 158 Å². The fraction of sp³-hybridized carbons (Fsp3) is 0.161. The van der Waals surface area contributed by atoms with Gasteiger partial charge in [0.1, 0.15) is 11.7 Å². The minimum atomic E-state index is -4.44. The van der Waals surface area contributed by atoms with E-state index >= 15 is 0 Å². The quantitative estimate of drug-likeness (QED) is 0.140. The van der Waals surface area contributed by atoms with E-state index in [2.05, 4.69) is 30.6 Å². The van der Waals surface area contributed by atoms with Gasteiger partial charge in [-0.25, -0.2) is 9.98 Å². The highest BCUT2D eigenvalue weighted by Crippen LogP contribution is 2.32. The van der Waals surface area contributed by atoms with E-state index in [1.54, 1.807) is 22.8 Å². The number of hydrogen-bond donors (Lipinski definition) is 5. The fourth-order valence-corrected chi connectivity index (χ4v) is 4.67. The summed E-state index contributed by atoms with van der Waals surface area (Å²) < 4.78 is 91.9.